The molecule has 2 N–H and O–H groups in total. The van der Waals surface area contributed by atoms with Crippen LogP contribution in [0.3, 0.4) is 0 Å². The van der Waals surface area contributed by atoms with Crippen LogP contribution in [0, 0.1) is 5.92 Å². The number of anilines is 1. The number of carbonyl (C=O) groups excluding carboxylic acids is 2. The van der Waals surface area contributed by atoms with E-state index in [-0.39, 0.29) is 30.9 Å². The van der Waals surface area contributed by atoms with Gasteiger partial charge in [-0.2, -0.15) is 0 Å². The smallest absolute Gasteiger partial charge is 0.258 e. The molecule has 0 bridgehead atoms. The summed E-state index contributed by atoms with van der Waals surface area (Å²) in [5, 5.41) is 6.05. The Bertz CT molecular complexity index is 914. The van der Waals surface area contributed by atoms with Crippen LogP contribution in [0.25, 0.3) is 0 Å². The van der Waals surface area contributed by atoms with Gasteiger partial charge < -0.3 is 24.8 Å². The highest BCUT2D eigenvalue weighted by Crippen LogP contribution is 2.36. The number of rotatable bonds is 10. The van der Waals surface area contributed by atoms with Gasteiger partial charge in [-0.15, -0.1) is 0 Å². The van der Waals surface area contributed by atoms with Crippen LogP contribution >= 0.6 is 11.6 Å². The lowest BCUT2D eigenvalue weighted by Crippen LogP contribution is -2.28. The van der Waals surface area contributed by atoms with Gasteiger partial charge in [-0.05, 0) is 49.6 Å². The summed E-state index contributed by atoms with van der Waals surface area (Å²) in [5.41, 5.74) is 1.43. The van der Waals surface area contributed by atoms with Crippen molar-refractivity contribution in [3.8, 4) is 17.2 Å². The second-order valence-electron chi connectivity index (χ2n) is 6.90. The van der Waals surface area contributed by atoms with E-state index in [2.05, 4.69) is 10.6 Å². The van der Waals surface area contributed by atoms with Gasteiger partial charge in [-0.3, -0.25) is 9.59 Å². The van der Waals surface area contributed by atoms with Gasteiger partial charge in [-0.1, -0.05) is 17.7 Å². The van der Waals surface area contributed by atoms with Gasteiger partial charge in [0.15, 0.2) is 18.1 Å². The Kier molecular flexibility index (Phi) is 7.41. The molecule has 1 fully saturated rings. The van der Waals surface area contributed by atoms with Gasteiger partial charge in [0.05, 0.1) is 18.7 Å². The van der Waals surface area contributed by atoms with E-state index in [1.165, 1.54) is 7.11 Å². The van der Waals surface area contributed by atoms with Crippen molar-refractivity contribution in [3.05, 3.63) is 47.0 Å². The number of halogens is 1. The van der Waals surface area contributed by atoms with Crippen molar-refractivity contribution in [1.29, 1.82) is 0 Å². The van der Waals surface area contributed by atoms with Crippen molar-refractivity contribution >= 4 is 29.1 Å². The largest absolute Gasteiger partial charge is 0.493 e. The number of hydrogen-bond donors (Lipinski definition) is 2. The minimum absolute atomic E-state index is 0.0225. The van der Waals surface area contributed by atoms with E-state index in [1.54, 1.807) is 36.4 Å². The van der Waals surface area contributed by atoms with Crippen molar-refractivity contribution in [1.82, 2.24) is 5.32 Å². The standard InChI is InChI=1S/C22H25ClN2O5/c1-3-29-21-18(23)9-14(10-19(21)28-2)12-24-20(26)13-30-17-6-4-5-16(11-17)25-22(27)15-7-8-15/h4-6,9-11,15H,3,7-8,12-13H2,1-2H3,(H,24,26)(H,25,27). The average Bonchev–Trinajstić information content (AvgIpc) is 3.58. The summed E-state index contributed by atoms with van der Waals surface area (Å²) in [6, 6.07) is 10.5. The lowest BCUT2D eigenvalue weighted by Gasteiger charge is -2.14. The van der Waals surface area contributed by atoms with E-state index in [1.807, 2.05) is 6.92 Å². The van der Waals surface area contributed by atoms with Crippen LogP contribution < -0.4 is 24.8 Å². The molecule has 1 aliphatic carbocycles. The number of benzene rings is 2. The summed E-state index contributed by atoms with van der Waals surface area (Å²) in [6.45, 7) is 2.44. The molecule has 0 aliphatic heterocycles. The maximum absolute atomic E-state index is 12.2. The monoisotopic (exact) mass is 432 g/mol. The predicted molar refractivity (Wildman–Crippen MR) is 114 cm³/mol. The van der Waals surface area contributed by atoms with Gasteiger partial charge in [0.1, 0.15) is 5.75 Å². The highest BCUT2D eigenvalue weighted by Gasteiger charge is 2.29. The Morgan fingerprint density at radius 3 is 2.67 bits per heavy atom. The Morgan fingerprint density at radius 2 is 1.97 bits per heavy atom. The predicted octanol–water partition coefficient (Wildman–Crippen LogP) is 3.79. The maximum atomic E-state index is 12.2. The average molecular weight is 433 g/mol. The van der Waals surface area contributed by atoms with E-state index >= 15 is 0 Å². The fourth-order valence-corrected chi connectivity index (χ4v) is 3.10. The molecule has 0 heterocycles. The summed E-state index contributed by atoms with van der Waals surface area (Å²) in [5.74, 6) is 1.35. The number of methoxy groups -OCH3 is 1. The fourth-order valence-electron chi connectivity index (χ4n) is 2.81. The van der Waals surface area contributed by atoms with Gasteiger partial charge in [0, 0.05) is 24.2 Å². The molecule has 160 valence electrons. The van der Waals surface area contributed by atoms with Crippen LogP contribution in [0.5, 0.6) is 17.2 Å². The molecule has 2 aromatic rings. The van der Waals surface area contributed by atoms with Crippen LogP contribution in [-0.2, 0) is 16.1 Å². The number of amides is 2. The molecule has 2 aromatic carbocycles. The van der Waals surface area contributed by atoms with Crippen molar-refractivity contribution < 1.29 is 23.8 Å². The van der Waals surface area contributed by atoms with E-state index in [0.717, 1.165) is 18.4 Å². The summed E-state index contributed by atoms with van der Waals surface area (Å²) in [4.78, 5) is 24.0. The first-order valence-electron chi connectivity index (χ1n) is 9.79. The van der Waals surface area contributed by atoms with Crippen LogP contribution in [0.1, 0.15) is 25.3 Å². The van der Waals surface area contributed by atoms with Gasteiger partial charge in [0.2, 0.25) is 5.91 Å². The highest BCUT2D eigenvalue weighted by molar-refractivity contribution is 6.32. The minimum atomic E-state index is -0.286. The third-order valence-electron chi connectivity index (χ3n) is 4.49. The van der Waals surface area contributed by atoms with Crippen LogP contribution in [0.2, 0.25) is 5.02 Å². The molecule has 0 aromatic heterocycles. The summed E-state index contributed by atoms with van der Waals surface area (Å²) in [6.07, 6.45) is 1.88. The molecular formula is C22H25ClN2O5. The lowest BCUT2D eigenvalue weighted by atomic mass is 10.2. The molecule has 0 saturated heterocycles. The highest BCUT2D eigenvalue weighted by atomic mass is 35.5. The second-order valence-corrected chi connectivity index (χ2v) is 7.31. The van der Waals surface area contributed by atoms with E-state index < -0.39 is 0 Å². The zero-order chi connectivity index (χ0) is 21.5. The summed E-state index contributed by atoms with van der Waals surface area (Å²) < 4.78 is 16.3. The molecule has 0 unspecified atom stereocenters. The zero-order valence-electron chi connectivity index (χ0n) is 17.0. The van der Waals surface area contributed by atoms with Crippen molar-refractivity contribution in [2.24, 2.45) is 5.92 Å². The molecule has 2 amide bonds. The van der Waals surface area contributed by atoms with Gasteiger partial charge in [0.25, 0.3) is 5.91 Å². The molecule has 0 atom stereocenters. The number of carbonyl (C=O) groups is 2. The fraction of sp³-hybridized carbons (Fsp3) is 0.364. The molecular weight excluding hydrogens is 408 g/mol. The molecule has 1 aliphatic rings. The second kappa shape index (κ2) is 10.2. The summed E-state index contributed by atoms with van der Waals surface area (Å²) in [7, 11) is 1.53. The Morgan fingerprint density at radius 1 is 1.17 bits per heavy atom. The third-order valence-corrected chi connectivity index (χ3v) is 4.77. The minimum Gasteiger partial charge on any atom is -0.493 e. The Labute approximate surface area is 180 Å². The Hall–Kier alpha value is -2.93. The first kappa shape index (κ1) is 21.8. The normalized spacial score (nSPS) is 12.8. The lowest BCUT2D eigenvalue weighted by molar-refractivity contribution is -0.123. The number of nitrogens with one attached hydrogen (secondary N) is 2. The van der Waals surface area contributed by atoms with Crippen LogP contribution in [-0.4, -0.2) is 32.1 Å². The molecule has 0 radical (unpaired) electrons. The number of hydrogen-bond acceptors (Lipinski definition) is 5. The van der Waals surface area contributed by atoms with E-state index in [9.17, 15) is 9.59 Å². The van der Waals surface area contributed by atoms with Gasteiger partial charge >= 0.3 is 0 Å². The maximum Gasteiger partial charge on any atom is 0.258 e. The molecule has 0 spiro atoms. The van der Waals surface area contributed by atoms with Crippen molar-refractivity contribution in [3.63, 3.8) is 0 Å². The van der Waals surface area contributed by atoms with Crippen molar-refractivity contribution in [2.45, 2.75) is 26.3 Å². The van der Waals surface area contributed by atoms with Crippen LogP contribution in [0.15, 0.2) is 36.4 Å². The Balaban J connectivity index is 1.50. The topological polar surface area (TPSA) is 85.9 Å². The van der Waals surface area contributed by atoms with Crippen LogP contribution in [0.4, 0.5) is 5.69 Å². The van der Waals surface area contributed by atoms with Crippen molar-refractivity contribution in [2.75, 3.05) is 25.6 Å². The first-order chi connectivity index (χ1) is 14.5. The third kappa shape index (κ3) is 6.03. The molecule has 30 heavy (non-hydrogen) atoms. The first-order valence-corrected chi connectivity index (χ1v) is 10.2. The van der Waals surface area contributed by atoms with E-state index in [0.29, 0.717) is 34.6 Å². The quantitative estimate of drug-likeness (QED) is 0.596. The molecule has 8 heteroatoms. The SMILES string of the molecule is CCOc1c(Cl)cc(CNC(=O)COc2cccc(NC(=O)C3CC3)c2)cc1OC. The molecule has 7 nitrogen and oxygen atoms in total. The molecule has 1 saturated carbocycles. The van der Waals surface area contributed by atoms with E-state index in [4.69, 9.17) is 25.8 Å². The van der Waals surface area contributed by atoms with Gasteiger partial charge in [-0.25, -0.2) is 0 Å². The number of ether oxygens (including phenoxy) is 3. The summed E-state index contributed by atoms with van der Waals surface area (Å²) >= 11 is 6.25. The molecule has 3 rings (SSSR count). The zero-order valence-corrected chi connectivity index (χ0v) is 17.8.